The Kier molecular flexibility index (Phi) is 4.43. The van der Waals surface area contributed by atoms with Crippen LogP contribution in [0.1, 0.15) is 27.2 Å². The summed E-state index contributed by atoms with van der Waals surface area (Å²) < 4.78 is 6.20. The van der Waals surface area contributed by atoms with Gasteiger partial charge in [-0.15, -0.1) is 0 Å². The lowest BCUT2D eigenvalue weighted by Crippen LogP contribution is -2.42. The summed E-state index contributed by atoms with van der Waals surface area (Å²) in [4.78, 5) is 0. The van der Waals surface area contributed by atoms with E-state index in [9.17, 15) is 0 Å². The minimum absolute atomic E-state index is 0.154. The van der Waals surface area contributed by atoms with E-state index >= 15 is 0 Å². The number of ether oxygens (including phenoxy) is 1. The molecule has 0 radical (unpaired) electrons. The molecule has 0 heterocycles. The van der Waals surface area contributed by atoms with E-state index in [-0.39, 0.29) is 5.60 Å². The molecule has 0 saturated carbocycles. The maximum absolute atomic E-state index is 6.20. The van der Waals surface area contributed by atoms with Crippen molar-refractivity contribution in [1.82, 2.24) is 5.32 Å². The van der Waals surface area contributed by atoms with Crippen molar-refractivity contribution in [3.05, 3.63) is 42.5 Å². The van der Waals surface area contributed by atoms with E-state index in [4.69, 9.17) is 4.74 Å². The first-order valence-corrected chi connectivity index (χ1v) is 7.05. The molecule has 1 atom stereocenters. The lowest BCUT2D eigenvalue weighted by molar-refractivity contribution is 0.0844. The largest absolute Gasteiger partial charge is 0.486 e. The molecular formula is C17H23NO. The monoisotopic (exact) mass is 257 g/mol. The number of nitrogens with one attached hydrogen (secondary N) is 1. The number of fused-ring (bicyclic) bond motifs is 1. The highest BCUT2D eigenvalue weighted by Gasteiger charge is 2.23. The van der Waals surface area contributed by atoms with Crippen LogP contribution in [0.25, 0.3) is 10.8 Å². The standard InChI is InChI=1S/C17H23NO/c1-4-17(3,13-18-5-2)19-16-11-10-14-8-6-7-9-15(14)12-16/h6-12,18H,4-5,13H2,1-3H3. The number of rotatable bonds is 6. The second-order valence-corrected chi connectivity index (χ2v) is 5.19. The number of benzene rings is 2. The van der Waals surface area contributed by atoms with Crippen LogP contribution in [0, 0.1) is 0 Å². The average molecular weight is 257 g/mol. The van der Waals surface area contributed by atoms with Crippen molar-refractivity contribution in [3.63, 3.8) is 0 Å². The van der Waals surface area contributed by atoms with Gasteiger partial charge in [-0.25, -0.2) is 0 Å². The first kappa shape index (κ1) is 13.9. The van der Waals surface area contributed by atoms with Crippen molar-refractivity contribution in [2.45, 2.75) is 32.8 Å². The smallest absolute Gasteiger partial charge is 0.120 e. The van der Waals surface area contributed by atoms with Gasteiger partial charge >= 0.3 is 0 Å². The molecule has 0 aliphatic carbocycles. The van der Waals surface area contributed by atoms with Gasteiger partial charge in [-0.3, -0.25) is 0 Å². The molecular weight excluding hydrogens is 234 g/mol. The van der Waals surface area contributed by atoms with Crippen LogP contribution in [0.15, 0.2) is 42.5 Å². The molecule has 2 heteroatoms. The number of likely N-dealkylation sites (N-methyl/N-ethyl adjacent to an activating group) is 1. The first-order valence-electron chi connectivity index (χ1n) is 7.05. The lowest BCUT2D eigenvalue weighted by atomic mass is 10.0. The minimum atomic E-state index is -0.154. The number of hydrogen-bond donors (Lipinski definition) is 1. The summed E-state index contributed by atoms with van der Waals surface area (Å²) in [6.45, 7) is 8.28. The summed E-state index contributed by atoms with van der Waals surface area (Å²) in [5.74, 6) is 0.945. The normalized spacial score (nSPS) is 14.3. The van der Waals surface area contributed by atoms with Gasteiger partial charge in [0.2, 0.25) is 0 Å². The summed E-state index contributed by atoms with van der Waals surface area (Å²) in [6.07, 6.45) is 0.979. The van der Waals surface area contributed by atoms with Gasteiger partial charge in [-0.05, 0) is 42.8 Å². The SMILES string of the molecule is CCNCC(C)(CC)Oc1ccc2ccccc2c1. The van der Waals surface area contributed by atoms with E-state index in [0.717, 1.165) is 25.3 Å². The van der Waals surface area contributed by atoms with E-state index < -0.39 is 0 Å². The predicted molar refractivity (Wildman–Crippen MR) is 81.8 cm³/mol. The average Bonchev–Trinajstić information content (AvgIpc) is 2.45. The van der Waals surface area contributed by atoms with Gasteiger partial charge in [0.15, 0.2) is 0 Å². The summed E-state index contributed by atoms with van der Waals surface area (Å²) in [7, 11) is 0. The van der Waals surface area contributed by atoms with Gasteiger partial charge in [-0.2, -0.15) is 0 Å². The third kappa shape index (κ3) is 3.48. The summed E-state index contributed by atoms with van der Waals surface area (Å²) in [6, 6.07) is 14.7. The van der Waals surface area contributed by atoms with E-state index in [2.05, 4.69) is 68.6 Å². The van der Waals surface area contributed by atoms with Crippen LogP contribution in [-0.2, 0) is 0 Å². The van der Waals surface area contributed by atoms with E-state index in [0.29, 0.717) is 0 Å². The molecule has 2 aromatic carbocycles. The van der Waals surface area contributed by atoms with Crippen LogP contribution in [0.2, 0.25) is 0 Å². The van der Waals surface area contributed by atoms with Crippen LogP contribution in [-0.4, -0.2) is 18.7 Å². The molecule has 19 heavy (non-hydrogen) atoms. The van der Waals surface area contributed by atoms with Gasteiger partial charge in [0, 0.05) is 6.54 Å². The summed E-state index contributed by atoms with van der Waals surface area (Å²) >= 11 is 0. The zero-order valence-corrected chi connectivity index (χ0v) is 12.1. The van der Waals surface area contributed by atoms with Crippen LogP contribution in [0.5, 0.6) is 5.75 Å². The topological polar surface area (TPSA) is 21.3 Å². The van der Waals surface area contributed by atoms with Crippen molar-refractivity contribution in [2.24, 2.45) is 0 Å². The molecule has 2 aromatic rings. The highest BCUT2D eigenvalue weighted by atomic mass is 16.5. The molecule has 1 unspecified atom stereocenters. The molecule has 2 nitrogen and oxygen atoms in total. The van der Waals surface area contributed by atoms with Crippen molar-refractivity contribution in [2.75, 3.05) is 13.1 Å². The van der Waals surface area contributed by atoms with Gasteiger partial charge in [0.1, 0.15) is 11.4 Å². The van der Waals surface area contributed by atoms with Crippen LogP contribution < -0.4 is 10.1 Å². The molecule has 102 valence electrons. The van der Waals surface area contributed by atoms with Gasteiger partial charge in [0.05, 0.1) is 0 Å². The molecule has 0 aliphatic rings. The fourth-order valence-electron chi connectivity index (χ4n) is 2.14. The zero-order chi connectivity index (χ0) is 13.7. The maximum atomic E-state index is 6.20. The summed E-state index contributed by atoms with van der Waals surface area (Å²) in [5.41, 5.74) is -0.154. The molecule has 0 saturated heterocycles. The fraction of sp³-hybridized carbons (Fsp3) is 0.412. The van der Waals surface area contributed by atoms with E-state index in [1.165, 1.54) is 10.8 Å². The number of hydrogen-bond acceptors (Lipinski definition) is 2. The zero-order valence-electron chi connectivity index (χ0n) is 12.1. The second-order valence-electron chi connectivity index (χ2n) is 5.19. The van der Waals surface area contributed by atoms with Crippen molar-refractivity contribution < 1.29 is 4.74 Å². The van der Waals surface area contributed by atoms with Gasteiger partial charge in [-0.1, -0.05) is 44.2 Å². The molecule has 0 aromatic heterocycles. The minimum Gasteiger partial charge on any atom is -0.486 e. The Hall–Kier alpha value is -1.54. The fourth-order valence-corrected chi connectivity index (χ4v) is 2.14. The van der Waals surface area contributed by atoms with Gasteiger partial charge < -0.3 is 10.1 Å². The Morgan fingerprint density at radius 2 is 1.79 bits per heavy atom. The molecule has 2 rings (SSSR count). The van der Waals surface area contributed by atoms with Crippen LogP contribution in [0.4, 0.5) is 0 Å². The first-order chi connectivity index (χ1) is 9.17. The Balaban J connectivity index is 2.19. The highest BCUT2D eigenvalue weighted by molar-refractivity contribution is 5.83. The third-order valence-electron chi connectivity index (χ3n) is 3.58. The van der Waals surface area contributed by atoms with E-state index in [1.807, 2.05) is 0 Å². The van der Waals surface area contributed by atoms with Crippen LogP contribution >= 0.6 is 0 Å². The Morgan fingerprint density at radius 3 is 2.47 bits per heavy atom. The Bertz CT molecular complexity index is 538. The van der Waals surface area contributed by atoms with Crippen molar-refractivity contribution in [1.29, 1.82) is 0 Å². The Labute approximate surface area is 115 Å². The van der Waals surface area contributed by atoms with Crippen LogP contribution in [0.3, 0.4) is 0 Å². The molecule has 1 N–H and O–H groups in total. The summed E-state index contributed by atoms with van der Waals surface area (Å²) in [5, 5.41) is 5.85. The Morgan fingerprint density at radius 1 is 1.05 bits per heavy atom. The van der Waals surface area contributed by atoms with Crippen molar-refractivity contribution >= 4 is 10.8 Å². The highest BCUT2D eigenvalue weighted by Crippen LogP contribution is 2.25. The second kappa shape index (κ2) is 6.07. The molecule has 0 aliphatic heterocycles. The predicted octanol–water partition coefficient (Wildman–Crippen LogP) is 4.00. The lowest BCUT2D eigenvalue weighted by Gasteiger charge is -2.30. The quantitative estimate of drug-likeness (QED) is 0.844. The van der Waals surface area contributed by atoms with E-state index in [1.54, 1.807) is 0 Å². The molecule has 0 bridgehead atoms. The molecule has 0 fully saturated rings. The van der Waals surface area contributed by atoms with Crippen molar-refractivity contribution in [3.8, 4) is 5.75 Å². The molecule has 0 spiro atoms. The molecule has 0 amide bonds. The third-order valence-corrected chi connectivity index (χ3v) is 3.58. The van der Waals surface area contributed by atoms with Gasteiger partial charge in [0.25, 0.3) is 0 Å². The maximum Gasteiger partial charge on any atom is 0.120 e.